The summed E-state index contributed by atoms with van der Waals surface area (Å²) < 4.78 is 20.3. The van der Waals surface area contributed by atoms with Crippen LogP contribution in [-0.4, -0.2) is 30.8 Å². The van der Waals surface area contributed by atoms with E-state index in [9.17, 15) is 9.18 Å². The van der Waals surface area contributed by atoms with Crippen molar-refractivity contribution >= 4 is 28.1 Å². The number of hydrogen-bond donors (Lipinski definition) is 3. The van der Waals surface area contributed by atoms with Gasteiger partial charge in [0.15, 0.2) is 0 Å². The van der Waals surface area contributed by atoms with Crippen molar-refractivity contribution < 1.29 is 19.0 Å². The second kappa shape index (κ2) is 6.22. The van der Waals surface area contributed by atoms with Gasteiger partial charge in [0.25, 0.3) is 5.91 Å². The number of dihydropyridines is 1. The van der Waals surface area contributed by atoms with Gasteiger partial charge in [-0.2, -0.15) is 0 Å². The van der Waals surface area contributed by atoms with Crippen LogP contribution in [0, 0.1) is 5.82 Å². The molecule has 2 aromatic carbocycles. The molecule has 0 bridgehead atoms. The lowest BCUT2D eigenvalue weighted by Crippen LogP contribution is -2.17. The van der Waals surface area contributed by atoms with E-state index in [1.807, 2.05) is 18.2 Å². The first-order valence-electron chi connectivity index (χ1n) is 8.16. The fraction of sp³-hybridized carbons (Fsp3) is 0.211. The Hall–Kier alpha value is -2.86. The minimum absolute atomic E-state index is 0.00580. The molecule has 0 saturated heterocycles. The molecule has 2 aromatic rings. The van der Waals surface area contributed by atoms with E-state index in [-0.39, 0.29) is 19.1 Å². The number of anilines is 1. The highest BCUT2D eigenvalue weighted by Crippen LogP contribution is 2.43. The molecule has 4 rings (SSSR count). The van der Waals surface area contributed by atoms with Crippen molar-refractivity contribution in [1.29, 1.82) is 0 Å². The highest BCUT2D eigenvalue weighted by molar-refractivity contribution is 6.27. The molecule has 0 spiro atoms. The quantitative estimate of drug-likeness (QED) is 0.732. The molecule has 2 aliphatic rings. The van der Waals surface area contributed by atoms with Crippen molar-refractivity contribution in [3.05, 3.63) is 53.4 Å². The van der Waals surface area contributed by atoms with Crippen LogP contribution in [-0.2, 0) is 0 Å². The molecule has 5 nitrogen and oxygen atoms in total. The number of carbonyl (C=O) groups is 1. The standard InChI is InChI=1S/C19H17FN2O3/c20-12-5-6-14-18-16(19(24)22-14)11(13-4-1-2-7-21-13)10-15(17(12)18)25-9-3-8-23/h1-2,4-6,10,21,23H,3,7-9H2,(H,22,24). The van der Waals surface area contributed by atoms with Gasteiger partial charge in [0.1, 0.15) is 11.6 Å². The summed E-state index contributed by atoms with van der Waals surface area (Å²) in [4.78, 5) is 12.5. The van der Waals surface area contributed by atoms with Crippen LogP contribution in [0.3, 0.4) is 0 Å². The maximum Gasteiger partial charge on any atom is 0.257 e. The summed E-state index contributed by atoms with van der Waals surface area (Å²) in [6, 6.07) is 4.59. The Labute approximate surface area is 143 Å². The second-order valence-corrected chi connectivity index (χ2v) is 5.91. The summed E-state index contributed by atoms with van der Waals surface area (Å²) in [6.07, 6.45) is 6.20. The van der Waals surface area contributed by atoms with Gasteiger partial charge in [-0.1, -0.05) is 12.2 Å². The molecule has 0 radical (unpaired) electrons. The second-order valence-electron chi connectivity index (χ2n) is 5.91. The number of nitrogens with one attached hydrogen (secondary N) is 2. The summed E-state index contributed by atoms with van der Waals surface area (Å²) in [6.45, 7) is 0.914. The lowest BCUT2D eigenvalue weighted by Gasteiger charge is -2.18. The number of allylic oxidation sites excluding steroid dienone is 2. The van der Waals surface area contributed by atoms with E-state index >= 15 is 0 Å². The summed E-state index contributed by atoms with van der Waals surface area (Å²) >= 11 is 0. The van der Waals surface area contributed by atoms with Crippen LogP contribution >= 0.6 is 0 Å². The first-order chi connectivity index (χ1) is 12.2. The topological polar surface area (TPSA) is 70.6 Å². The van der Waals surface area contributed by atoms with Crippen molar-refractivity contribution in [3.63, 3.8) is 0 Å². The number of aliphatic hydroxyl groups excluding tert-OH is 1. The highest BCUT2D eigenvalue weighted by Gasteiger charge is 2.30. The number of ether oxygens (including phenoxy) is 1. The number of benzene rings is 2. The Morgan fingerprint density at radius 3 is 2.92 bits per heavy atom. The molecule has 0 unspecified atom stereocenters. The maximum absolute atomic E-state index is 14.5. The largest absolute Gasteiger partial charge is 0.493 e. The lowest BCUT2D eigenvalue weighted by atomic mass is 9.95. The Morgan fingerprint density at radius 2 is 2.16 bits per heavy atom. The minimum atomic E-state index is -0.437. The first-order valence-corrected chi connectivity index (χ1v) is 8.16. The molecule has 0 saturated carbocycles. The van der Waals surface area contributed by atoms with Gasteiger partial charge in [-0.25, -0.2) is 4.39 Å². The molecule has 0 aliphatic carbocycles. The molecular formula is C19H17FN2O3. The van der Waals surface area contributed by atoms with Gasteiger partial charge in [-0.05, 0) is 24.3 Å². The molecular weight excluding hydrogens is 323 g/mol. The zero-order chi connectivity index (χ0) is 17.4. The number of rotatable bonds is 5. The predicted octanol–water partition coefficient (Wildman–Crippen LogP) is 2.81. The Bertz CT molecular complexity index is 934. The zero-order valence-corrected chi connectivity index (χ0v) is 13.4. The van der Waals surface area contributed by atoms with Crippen molar-refractivity contribution in [1.82, 2.24) is 5.32 Å². The molecule has 2 aliphatic heterocycles. The first kappa shape index (κ1) is 15.7. The van der Waals surface area contributed by atoms with Gasteiger partial charge in [0.05, 0.1) is 23.2 Å². The van der Waals surface area contributed by atoms with E-state index in [1.54, 1.807) is 12.1 Å². The molecule has 2 heterocycles. The van der Waals surface area contributed by atoms with Crippen LogP contribution in [0.15, 0.2) is 36.4 Å². The third-order valence-corrected chi connectivity index (χ3v) is 4.33. The summed E-state index contributed by atoms with van der Waals surface area (Å²) in [5.41, 5.74) is 2.50. The van der Waals surface area contributed by atoms with Crippen molar-refractivity contribution in [2.24, 2.45) is 0 Å². The number of halogens is 1. The van der Waals surface area contributed by atoms with E-state index in [2.05, 4.69) is 10.6 Å². The van der Waals surface area contributed by atoms with E-state index in [0.29, 0.717) is 46.3 Å². The Balaban J connectivity index is 1.97. The SMILES string of the molecule is O=C1Nc2ccc(F)c3c(OCCCO)cc(C4=CC=CCN4)c1c23. The van der Waals surface area contributed by atoms with Crippen molar-refractivity contribution in [2.75, 3.05) is 25.1 Å². The fourth-order valence-electron chi connectivity index (χ4n) is 3.23. The molecule has 6 heteroatoms. The number of hydrogen-bond acceptors (Lipinski definition) is 4. The molecule has 25 heavy (non-hydrogen) atoms. The molecule has 1 amide bonds. The van der Waals surface area contributed by atoms with Gasteiger partial charge >= 0.3 is 0 Å². The van der Waals surface area contributed by atoms with E-state index < -0.39 is 5.82 Å². The average Bonchev–Trinajstić information content (AvgIpc) is 2.97. The predicted molar refractivity (Wildman–Crippen MR) is 94.2 cm³/mol. The third-order valence-electron chi connectivity index (χ3n) is 4.33. The average molecular weight is 340 g/mol. The zero-order valence-electron chi connectivity index (χ0n) is 13.4. The van der Waals surface area contributed by atoms with Crippen LogP contribution < -0.4 is 15.4 Å². The van der Waals surface area contributed by atoms with Crippen molar-refractivity contribution in [3.8, 4) is 5.75 Å². The number of aliphatic hydroxyl groups is 1. The number of carbonyl (C=O) groups excluding carboxylic acids is 1. The Morgan fingerprint density at radius 1 is 1.28 bits per heavy atom. The van der Waals surface area contributed by atoms with E-state index in [1.165, 1.54) is 6.07 Å². The summed E-state index contributed by atoms with van der Waals surface area (Å²) in [7, 11) is 0. The van der Waals surface area contributed by atoms with Crippen LogP contribution in [0.4, 0.5) is 10.1 Å². The molecule has 0 aromatic heterocycles. The highest BCUT2D eigenvalue weighted by atomic mass is 19.1. The fourth-order valence-corrected chi connectivity index (χ4v) is 3.23. The van der Waals surface area contributed by atoms with E-state index in [0.717, 1.165) is 5.70 Å². The summed E-state index contributed by atoms with van der Waals surface area (Å²) in [5, 5.41) is 15.8. The van der Waals surface area contributed by atoms with Crippen LogP contribution in [0.5, 0.6) is 5.75 Å². The maximum atomic E-state index is 14.5. The monoisotopic (exact) mass is 340 g/mol. The van der Waals surface area contributed by atoms with Gasteiger partial charge in [-0.15, -0.1) is 0 Å². The molecule has 128 valence electrons. The Kier molecular flexibility index (Phi) is 3.89. The third kappa shape index (κ3) is 2.55. The summed E-state index contributed by atoms with van der Waals surface area (Å²) in [5.74, 6) is -0.317. The van der Waals surface area contributed by atoms with Gasteiger partial charge in [0.2, 0.25) is 0 Å². The van der Waals surface area contributed by atoms with Gasteiger partial charge in [-0.3, -0.25) is 4.79 Å². The number of amides is 1. The van der Waals surface area contributed by atoms with E-state index in [4.69, 9.17) is 9.84 Å². The van der Waals surface area contributed by atoms with Gasteiger partial charge < -0.3 is 20.5 Å². The molecule has 0 fully saturated rings. The van der Waals surface area contributed by atoms with Crippen LogP contribution in [0.25, 0.3) is 16.5 Å². The van der Waals surface area contributed by atoms with Gasteiger partial charge in [0, 0.05) is 36.2 Å². The molecule has 0 atom stereocenters. The smallest absolute Gasteiger partial charge is 0.257 e. The lowest BCUT2D eigenvalue weighted by molar-refractivity contribution is 0.103. The molecule has 3 N–H and O–H groups in total. The van der Waals surface area contributed by atoms with Crippen LogP contribution in [0.2, 0.25) is 0 Å². The van der Waals surface area contributed by atoms with Crippen molar-refractivity contribution in [2.45, 2.75) is 6.42 Å². The van der Waals surface area contributed by atoms with Crippen LogP contribution in [0.1, 0.15) is 22.3 Å². The minimum Gasteiger partial charge on any atom is -0.493 e. The normalized spacial score (nSPS) is 15.1.